The largest absolute Gasteiger partial charge is 0.338 e. The molecule has 3 N–H and O–H groups in total. The van der Waals surface area contributed by atoms with E-state index in [0.717, 1.165) is 16.6 Å². The fourth-order valence-corrected chi connectivity index (χ4v) is 3.32. The number of rotatable bonds is 5. The highest BCUT2D eigenvalue weighted by Gasteiger charge is 2.11. The Morgan fingerprint density at radius 3 is 1.91 bits per heavy atom. The Labute approximate surface area is 188 Å². The lowest BCUT2D eigenvalue weighted by Gasteiger charge is -2.05. The molecule has 0 spiro atoms. The summed E-state index contributed by atoms with van der Waals surface area (Å²) in [4.78, 5) is 40.6. The molecule has 33 heavy (non-hydrogen) atoms. The van der Waals surface area contributed by atoms with Gasteiger partial charge in [-0.25, -0.2) is 4.98 Å². The van der Waals surface area contributed by atoms with Gasteiger partial charge in [0.2, 0.25) is 0 Å². The second-order valence-corrected chi connectivity index (χ2v) is 7.23. The topological polar surface area (TPSA) is 113 Å². The Balaban J connectivity index is 1.31. The Morgan fingerprint density at radius 1 is 0.697 bits per heavy atom. The lowest BCUT2D eigenvalue weighted by molar-refractivity contribution is 0.101. The van der Waals surface area contributed by atoms with Gasteiger partial charge in [-0.2, -0.15) is 0 Å². The van der Waals surface area contributed by atoms with Crippen LogP contribution in [0.15, 0.2) is 91.3 Å². The van der Waals surface area contributed by atoms with E-state index in [1.54, 1.807) is 54.9 Å². The van der Waals surface area contributed by atoms with Crippen molar-refractivity contribution in [1.29, 1.82) is 0 Å². The molecule has 2 aromatic carbocycles. The van der Waals surface area contributed by atoms with Crippen LogP contribution in [0.25, 0.3) is 22.4 Å². The highest BCUT2D eigenvalue weighted by Crippen LogP contribution is 2.24. The summed E-state index contributed by atoms with van der Waals surface area (Å²) in [6.07, 6.45) is 3.16. The van der Waals surface area contributed by atoms with E-state index in [2.05, 4.69) is 30.6 Å². The number of benzene rings is 2. The van der Waals surface area contributed by atoms with Crippen LogP contribution in [0.4, 0.5) is 11.4 Å². The Hall–Kier alpha value is -4.85. The third-order valence-electron chi connectivity index (χ3n) is 4.95. The summed E-state index contributed by atoms with van der Waals surface area (Å²) in [6, 6.07) is 23.2. The molecule has 0 saturated heterocycles. The van der Waals surface area contributed by atoms with Gasteiger partial charge >= 0.3 is 0 Å². The maximum atomic E-state index is 12.3. The fourth-order valence-electron chi connectivity index (χ4n) is 3.32. The molecule has 160 valence electrons. The summed E-state index contributed by atoms with van der Waals surface area (Å²) < 4.78 is 0. The van der Waals surface area contributed by atoms with E-state index in [1.165, 1.54) is 0 Å². The van der Waals surface area contributed by atoms with Crippen molar-refractivity contribution >= 4 is 34.2 Å². The zero-order valence-electron chi connectivity index (χ0n) is 17.3. The number of hydrogen-bond acceptors (Lipinski definition) is 5. The number of aromatic nitrogens is 4. The molecule has 8 heteroatoms. The Kier molecular flexibility index (Phi) is 5.30. The molecule has 2 amide bonds. The molecular weight excluding hydrogens is 416 g/mol. The zero-order chi connectivity index (χ0) is 22.6. The molecule has 0 saturated carbocycles. The summed E-state index contributed by atoms with van der Waals surface area (Å²) in [6.45, 7) is 0. The van der Waals surface area contributed by atoms with E-state index in [-0.39, 0.29) is 11.8 Å². The maximum Gasteiger partial charge on any atom is 0.274 e. The van der Waals surface area contributed by atoms with Crippen LogP contribution in [0.3, 0.4) is 0 Å². The first-order chi connectivity index (χ1) is 16.2. The second-order valence-electron chi connectivity index (χ2n) is 7.23. The Bertz CT molecular complexity index is 1430. The van der Waals surface area contributed by atoms with Crippen LogP contribution >= 0.6 is 0 Å². The van der Waals surface area contributed by atoms with E-state index in [9.17, 15) is 9.59 Å². The minimum absolute atomic E-state index is 0.271. The van der Waals surface area contributed by atoms with Gasteiger partial charge in [0.1, 0.15) is 17.2 Å². The summed E-state index contributed by atoms with van der Waals surface area (Å²) in [7, 11) is 0. The van der Waals surface area contributed by atoms with Crippen molar-refractivity contribution in [2.24, 2.45) is 0 Å². The smallest absolute Gasteiger partial charge is 0.274 e. The fraction of sp³-hybridized carbons (Fsp3) is 0. The van der Waals surface area contributed by atoms with Gasteiger partial charge in [-0.05, 0) is 66.7 Å². The molecule has 3 heterocycles. The minimum Gasteiger partial charge on any atom is -0.338 e. The highest BCUT2D eigenvalue weighted by molar-refractivity contribution is 6.04. The van der Waals surface area contributed by atoms with E-state index < -0.39 is 0 Å². The average molecular weight is 434 g/mol. The molecule has 5 rings (SSSR count). The molecule has 8 nitrogen and oxygen atoms in total. The van der Waals surface area contributed by atoms with Crippen LogP contribution in [0, 0.1) is 0 Å². The first kappa shape index (κ1) is 20.1. The van der Waals surface area contributed by atoms with Gasteiger partial charge in [0.05, 0.1) is 11.0 Å². The number of fused-ring (bicyclic) bond motifs is 1. The number of anilines is 2. The molecule has 0 aliphatic heterocycles. The first-order valence-electron chi connectivity index (χ1n) is 10.2. The van der Waals surface area contributed by atoms with Gasteiger partial charge in [0, 0.05) is 29.3 Å². The number of hydrogen-bond donors (Lipinski definition) is 3. The van der Waals surface area contributed by atoms with Crippen molar-refractivity contribution in [2.75, 3.05) is 10.6 Å². The van der Waals surface area contributed by atoms with Crippen molar-refractivity contribution in [3.63, 3.8) is 0 Å². The van der Waals surface area contributed by atoms with Gasteiger partial charge < -0.3 is 15.6 Å². The molecular formula is C25H18N6O2. The molecule has 0 unspecified atom stereocenters. The maximum absolute atomic E-state index is 12.3. The van der Waals surface area contributed by atoms with Crippen molar-refractivity contribution < 1.29 is 9.59 Å². The number of aromatic amines is 1. The predicted molar refractivity (Wildman–Crippen MR) is 126 cm³/mol. The minimum atomic E-state index is -0.280. The van der Waals surface area contributed by atoms with Crippen LogP contribution in [-0.4, -0.2) is 31.8 Å². The summed E-state index contributed by atoms with van der Waals surface area (Å²) in [5.74, 6) is 0.131. The molecule has 0 bridgehead atoms. The normalized spacial score (nSPS) is 10.7. The number of H-pyrrole nitrogens is 1. The number of pyridine rings is 2. The Morgan fingerprint density at radius 2 is 1.30 bits per heavy atom. The highest BCUT2D eigenvalue weighted by atomic mass is 16.2. The predicted octanol–water partition coefficient (Wildman–Crippen LogP) is 4.52. The van der Waals surface area contributed by atoms with E-state index >= 15 is 0 Å². The zero-order valence-corrected chi connectivity index (χ0v) is 17.3. The lowest BCUT2D eigenvalue weighted by Crippen LogP contribution is -2.13. The van der Waals surface area contributed by atoms with Gasteiger partial charge in [0.15, 0.2) is 0 Å². The van der Waals surface area contributed by atoms with Gasteiger partial charge in [0.25, 0.3) is 11.8 Å². The summed E-state index contributed by atoms with van der Waals surface area (Å²) >= 11 is 0. The number of nitrogens with one attached hydrogen (secondary N) is 3. The van der Waals surface area contributed by atoms with Crippen LogP contribution < -0.4 is 10.6 Å². The van der Waals surface area contributed by atoms with E-state index in [1.807, 2.05) is 36.4 Å². The molecule has 3 aromatic heterocycles. The van der Waals surface area contributed by atoms with Crippen molar-refractivity contribution in [3.8, 4) is 11.4 Å². The SMILES string of the molecule is O=C(Nc1ccc(-c2nc3ccc(NC(=O)c4ccccn4)cc3[nH]2)cc1)c1ccccn1. The third kappa shape index (κ3) is 4.45. The molecule has 5 aromatic rings. The third-order valence-corrected chi connectivity index (χ3v) is 4.95. The average Bonchev–Trinajstić information content (AvgIpc) is 3.29. The number of carbonyl (C=O) groups is 2. The number of nitrogens with zero attached hydrogens (tertiary/aromatic N) is 3. The van der Waals surface area contributed by atoms with Crippen LogP contribution in [0.5, 0.6) is 0 Å². The molecule has 0 radical (unpaired) electrons. The van der Waals surface area contributed by atoms with Gasteiger partial charge in [-0.1, -0.05) is 12.1 Å². The van der Waals surface area contributed by atoms with Crippen LogP contribution in [0.2, 0.25) is 0 Å². The standard InChI is InChI=1S/C25H18N6O2/c32-24(20-5-1-3-13-26-20)28-17-9-7-16(8-10-17)23-30-19-12-11-18(15-22(19)31-23)29-25(33)21-6-2-4-14-27-21/h1-15H,(H,28,32)(H,29,33)(H,30,31). The molecule has 0 aliphatic rings. The number of imidazole rings is 1. The summed E-state index contributed by atoms with van der Waals surface area (Å²) in [5, 5.41) is 5.67. The second kappa shape index (κ2) is 8.72. The quantitative estimate of drug-likeness (QED) is 0.376. The lowest BCUT2D eigenvalue weighted by atomic mass is 10.2. The molecule has 0 aliphatic carbocycles. The van der Waals surface area contributed by atoms with Crippen LogP contribution in [-0.2, 0) is 0 Å². The van der Waals surface area contributed by atoms with Gasteiger partial charge in [-0.3, -0.25) is 19.6 Å². The van der Waals surface area contributed by atoms with E-state index in [0.29, 0.717) is 28.6 Å². The summed E-state index contributed by atoms with van der Waals surface area (Å²) in [5.41, 5.74) is 4.42. The van der Waals surface area contributed by atoms with Crippen molar-refractivity contribution in [2.45, 2.75) is 0 Å². The molecule has 0 atom stereocenters. The van der Waals surface area contributed by atoms with Crippen LogP contribution in [0.1, 0.15) is 21.0 Å². The number of amides is 2. The monoisotopic (exact) mass is 434 g/mol. The first-order valence-corrected chi connectivity index (χ1v) is 10.2. The van der Waals surface area contributed by atoms with Crippen molar-refractivity contribution in [1.82, 2.24) is 19.9 Å². The van der Waals surface area contributed by atoms with E-state index in [4.69, 9.17) is 0 Å². The molecule has 0 fully saturated rings. The van der Waals surface area contributed by atoms with Crippen molar-refractivity contribution in [3.05, 3.63) is 103 Å². The number of carbonyl (C=O) groups excluding carboxylic acids is 2. The van der Waals surface area contributed by atoms with Gasteiger partial charge in [-0.15, -0.1) is 0 Å².